The molecular weight excluding hydrogens is 270 g/mol. The molecule has 0 heterocycles. The molecule has 0 saturated carbocycles. The average Bonchev–Trinajstić information content (AvgIpc) is 2.25. The first-order valence-corrected chi connectivity index (χ1v) is 6.16. The number of hydrogen-bond donors (Lipinski definition) is 1. The Morgan fingerprint density at radius 2 is 2.19 bits per heavy atom. The maximum absolute atomic E-state index is 5.87. The summed E-state index contributed by atoms with van der Waals surface area (Å²) in [6.07, 6.45) is 0.0754. The van der Waals surface area contributed by atoms with Crippen LogP contribution in [-0.2, 0) is 16.1 Å². The topological polar surface area (TPSA) is 44.5 Å². The maximum atomic E-state index is 5.87. The van der Waals surface area contributed by atoms with E-state index in [9.17, 15) is 0 Å². The number of anilines is 1. The minimum atomic E-state index is 0.0754. The first kappa shape index (κ1) is 13.5. The van der Waals surface area contributed by atoms with E-state index in [1.165, 1.54) is 0 Å². The van der Waals surface area contributed by atoms with Gasteiger partial charge in [-0.05, 0) is 26.0 Å². The number of hydrogen-bond acceptors (Lipinski definition) is 3. The molecule has 1 unspecified atom stereocenters. The zero-order valence-electron chi connectivity index (χ0n) is 9.70. The van der Waals surface area contributed by atoms with Crippen LogP contribution in [0.15, 0.2) is 22.7 Å². The largest absolute Gasteiger partial charge is 0.398 e. The molecule has 0 aromatic heterocycles. The molecule has 3 nitrogen and oxygen atoms in total. The first-order valence-electron chi connectivity index (χ1n) is 5.37. The third-order valence-corrected chi connectivity index (χ3v) is 2.97. The normalized spacial score (nSPS) is 12.7. The quantitative estimate of drug-likeness (QED) is 0.818. The fourth-order valence-corrected chi connectivity index (χ4v) is 1.78. The van der Waals surface area contributed by atoms with E-state index in [0.717, 1.165) is 15.7 Å². The molecule has 90 valence electrons. The molecule has 1 aromatic rings. The van der Waals surface area contributed by atoms with E-state index < -0.39 is 0 Å². The summed E-state index contributed by atoms with van der Waals surface area (Å²) in [6, 6.07) is 5.74. The van der Waals surface area contributed by atoms with E-state index in [4.69, 9.17) is 15.2 Å². The van der Waals surface area contributed by atoms with Crippen molar-refractivity contribution >= 4 is 21.6 Å². The zero-order chi connectivity index (χ0) is 12.0. The van der Waals surface area contributed by atoms with Crippen molar-refractivity contribution in [3.05, 3.63) is 28.2 Å². The fourth-order valence-electron chi connectivity index (χ4n) is 1.29. The van der Waals surface area contributed by atoms with Crippen molar-refractivity contribution in [2.24, 2.45) is 0 Å². The zero-order valence-corrected chi connectivity index (χ0v) is 11.3. The van der Waals surface area contributed by atoms with Crippen LogP contribution < -0.4 is 5.73 Å². The van der Waals surface area contributed by atoms with Crippen molar-refractivity contribution in [1.82, 2.24) is 0 Å². The number of rotatable bonds is 6. The van der Waals surface area contributed by atoms with E-state index in [0.29, 0.717) is 19.8 Å². The van der Waals surface area contributed by atoms with Gasteiger partial charge in [-0.1, -0.05) is 22.0 Å². The Kier molecular flexibility index (Phi) is 5.80. The Morgan fingerprint density at radius 3 is 2.81 bits per heavy atom. The Hall–Kier alpha value is -0.580. The van der Waals surface area contributed by atoms with Gasteiger partial charge in [0.25, 0.3) is 0 Å². The lowest BCUT2D eigenvalue weighted by Gasteiger charge is -2.14. The Labute approximate surface area is 105 Å². The smallest absolute Gasteiger partial charge is 0.0785 e. The van der Waals surface area contributed by atoms with Gasteiger partial charge in [0, 0.05) is 22.3 Å². The predicted octanol–water partition coefficient (Wildman–Crippen LogP) is 2.97. The minimum Gasteiger partial charge on any atom is -0.398 e. The average molecular weight is 288 g/mol. The molecular formula is C12H18BrNO2. The lowest BCUT2D eigenvalue weighted by Crippen LogP contribution is -2.16. The van der Waals surface area contributed by atoms with Gasteiger partial charge in [-0.2, -0.15) is 0 Å². The van der Waals surface area contributed by atoms with Gasteiger partial charge in [0.15, 0.2) is 0 Å². The van der Waals surface area contributed by atoms with Gasteiger partial charge >= 0.3 is 0 Å². The Bertz CT molecular complexity index is 311. The fraction of sp³-hybridized carbons (Fsp3) is 0.500. The number of halogens is 1. The predicted molar refractivity (Wildman–Crippen MR) is 69.3 cm³/mol. The molecule has 0 aliphatic heterocycles. The molecule has 0 bridgehead atoms. The van der Waals surface area contributed by atoms with Crippen LogP contribution in [0.3, 0.4) is 0 Å². The molecule has 2 N–H and O–H groups in total. The van der Waals surface area contributed by atoms with Crippen LogP contribution in [-0.4, -0.2) is 19.3 Å². The molecule has 4 heteroatoms. The summed E-state index contributed by atoms with van der Waals surface area (Å²) in [5.74, 6) is 0. The molecule has 1 atom stereocenters. The second-order valence-electron chi connectivity index (χ2n) is 3.59. The van der Waals surface area contributed by atoms with Crippen LogP contribution in [0, 0.1) is 0 Å². The summed E-state index contributed by atoms with van der Waals surface area (Å²) >= 11 is 3.46. The number of nitrogen functional groups attached to an aromatic ring is 1. The summed E-state index contributed by atoms with van der Waals surface area (Å²) in [6.45, 7) is 5.79. The van der Waals surface area contributed by atoms with Crippen LogP contribution >= 0.6 is 15.9 Å². The summed E-state index contributed by atoms with van der Waals surface area (Å²) in [4.78, 5) is 0. The van der Waals surface area contributed by atoms with Gasteiger partial charge in [0.2, 0.25) is 0 Å². The van der Waals surface area contributed by atoms with Crippen molar-refractivity contribution < 1.29 is 9.47 Å². The molecule has 0 radical (unpaired) electrons. The van der Waals surface area contributed by atoms with E-state index in [-0.39, 0.29) is 6.10 Å². The molecule has 1 rings (SSSR count). The van der Waals surface area contributed by atoms with Crippen LogP contribution in [0.25, 0.3) is 0 Å². The Morgan fingerprint density at radius 1 is 1.44 bits per heavy atom. The second kappa shape index (κ2) is 6.89. The highest BCUT2D eigenvalue weighted by atomic mass is 79.9. The monoisotopic (exact) mass is 287 g/mol. The van der Waals surface area contributed by atoms with Gasteiger partial charge in [-0.3, -0.25) is 0 Å². The maximum Gasteiger partial charge on any atom is 0.0785 e. The molecule has 0 aliphatic rings. The van der Waals surface area contributed by atoms with E-state index >= 15 is 0 Å². The van der Waals surface area contributed by atoms with Gasteiger partial charge in [0.1, 0.15) is 0 Å². The standard InChI is InChI=1S/C12H18BrNO2/c1-3-15-7-9(2)16-8-10-11(13)5-4-6-12(10)14/h4-6,9H,3,7-8,14H2,1-2H3. The van der Waals surface area contributed by atoms with Crippen LogP contribution in [0.1, 0.15) is 19.4 Å². The van der Waals surface area contributed by atoms with Gasteiger partial charge < -0.3 is 15.2 Å². The lowest BCUT2D eigenvalue weighted by atomic mass is 10.2. The lowest BCUT2D eigenvalue weighted by molar-refractivity contribution is -0.0116. The van der Waals surface area contributed by atoms with Crippen molar-refractivity contribution in [3.63, 3.8) is 0 Å². The molecule has 0 fully saturated rings. The molecule has 0 amide bonds. The highest BCUT2D eigenvalue weighted by molar-refractivity contribution is 9.10. The van der Waals surface area contributed by atoms with Crippen molar-refractivity contribution in [2.75, 3.05) is 18.9 Å². The van der Waals surface area contributed by atoms with Gasteiger partial charge in [0.05, 0.1) is 19.3 Å². The summed E-state index contributed by atoms with van der Waals surface area (Å²) in [5, 5.41) is 0. The molecule has 16 heavy (non-hydrogen) atoms. The SMILES string of the molecule is CCOCC(C)OCc1c(N)cccc1Br. The van der Waals surface area contributed by atoms with Crippen LogP contribution in [0.4, 0.5) is 5.69 Å². The number of benzene rings is 1. The second-order valence-corrected chi connectivity index (χ2v) is 4.44. The molecule has 0 spiro atoms. The minimum absolute atomic E-state index is 0.0754. The van der Waals surface area contributed by atoms with Crippen molar-refractivity contribution in [3.8, 4) is 0 Å². The molecule has 0 saturated heterocycles. The van der Waals surface area contributed by atoms with Gasteiger partial charge in [-0.25, -0.2) is 0 Å². The highest BCUT2D eigenvalue weighted by Crippen LogP contribution is 2.23. The van der Waals surface area contributed by atoms with Crippen LogP contribution in [0.2, 0.25) is 0 Å². The molecule has 0 aliphatic carbocycles. The number of nitrogens with two attached hydrogens (primary N) is 1. The summed E-state index contributed by atoms with van der Waals surface area (Å²) in [7, 11) is 0. The number of ether oxygens (including phenoxy) is 2. The third-order valence-electron chi connectivity index (χ3n) is 2.22. The van der Waals surface area contributed by atoms with Gasteiger partial charge in [-0.15, -0.1) is 0 Å². The molecule has 1 aromatic carbocycles. The third kappa shape index (κ3) is 4.12. The van der Waals surface area contributed by atoms with Crippen molar-refractivity contribution in [1.29, 1.82) is 0 Å². The van der Waals surface area contributed by atoms with E-state index in [1.54, 1.807) is 0 Å². The summed E-state index contributed by atoms with van der Waals surface area (Å²) in [5.41, 5.74) is 7.61. The van der Waals surface area contributed by atoms with E-state index in [2.05, 4.69) is 15.9 Å². The van der Waals surface area contributed by atoms with Crippen molar-refractivity contribution in [2.45, 2.75) is 26.6 Å². The first-order chi connectivity index (χ1) is 7.65. The Balaban J connectivity index is 2.48. The van der Waals surface area contributed by atoms with E-state index in [1.807, 2.05) is 32.0 Å². The van der Waals surface area contributed by atoms with Crippen LogP contribution in [0.5, 0.6) is 0 Å². The summed E-state index contributed by atoms with van der Waals surface area (Å²) < 4.78 is 11.9. The highest BCUT2D eigenvalue weighted by Gasteiger charge is 2.07.